The molecule has 0 bridgehead atoms. The third-order valence-electron chi connectivity index (χ3n) is 1.77. The minimum absolute atomic E-state index is 0.205. The van der Waals surface area contributed by atoms with Gasteiger partial charge in [-0.3, -0.25) is 0 Å². The molecule has 0 aliphatic carbocycles. The van der Waals surface area contributed by atoms with Crippen LogP contribution in [0.3, 0.4) is 0 Å². The van der Waals surface area contributed by atoms with Gasteiger partial charge in [0.2, 0.25) is 0 Å². The first-order chi connectivity index (χ1) is 6.79. The Morgan fingerprint density at radius 1 is 1.47 bits per heavy atom. The summed E-state index contributed by atoms with van der Waals surface area (Å²) in [6, 6.07) is -0.502. The van der Waals surface area contributed by atoms with Crippen LogP contribution in [-0.4, -0.2) is 41.5 Å². The number of alkyl carbamates (subject to hydrolysis) is 1. The number of carboxylic acid groups (broad SMARTS) is 1. The van der Waals surface area contributed by atoms with Crippen LogP contribution in [0, 0.1) is 0 Å². The third kappa shape index (κ3) is 3.39. The first-order valence-corrected chi connectivity index (χ1v) is 4.63. The minimum Gasteiger partial charge on any atom is -0.479 e. The van der Waals surface area contributed by atoms with Crippen molar-refractivity contribution in [2.24, 2.45) is 0 Å². The highest BCUT2D eigenvalue weighted by Gasteiger charge is 2.39. The highest BCUT2D eigenvalue weighted by atomic mass is 16.6. The Balaban J connectivity index is 2.36. The number of nitrogens with one attached hydrogen (secondary N) is 1. The van der Waals surface area contributed by atoms with Crippen molar-refractivity contribution in [1.82, 2.24) is 5.32 Å². The molecule has 0 spiro atoms. The monoisotopic (exact) mass is 217 g/mol. The van der Waals surface area contributed by atoms with E-state index >= 15 is 0 Å². The maximum atomic E-state index is 11.2. The van der Waals surface area contributed by atoms with Crippen molar-refractivity contribution in [2.75, 3.05) is 6.61 Å². The van der Waals surface area contributed by atoms with Crippen molar-refractivity contribution in [3.8, 4) is 0 Å². The van der Waals surface area contributed by atoms with Crippen LogP contribution in [0.15, 0.2) is 0 Å². The number of carbonyl (C=O) groups is 2. The van der Waals surface area contributed by atoms with E-state index in [4.69, 9.17) is 14.6 Å². The molecule has 0 aromatic rings. The van der Waals surface area contributed by atoms with Gasteiger partial charge in [-0.25, -0.2) is 9.59 Å². The van der Waals surface area contributed by atoms with Gasteiger partial charge in [0.05, 0.1) is 12.6 Å². The van der Waals surface area contributed by atoms with E-state index < -0.39 is 29.8 Å². The molecule has 1 fully saturated rings. The molecule has 15 heavy (non-hydrogen) atoms. The van der Waals surface area contributed by atoms with Crippen LogP contribution in [0.25, 0.3) is 0 Å². The van der Waals surface area contributed by atoms with Crippen LogP contribution in [0.4, 0.5) is 4.79 Å². The highest BCUT2D eigenvalue weighted by Crippen LogP contribution is 2.14. The second-order valence-corrected chi connectivity index (χ2v) is 4.34. The third-order valence-corrected chi connectivity index (χ3v) is 1.77. The maximum absolute atomic E-state index is 11.2. The lowest BCUT2D eigenvalue weighted by atomic mass is 10.1. The summed E-state index contributed by atoms with van der Waals surface area (Å²) in [6.45, 7) is 5.41. The molecule has 0 unspecified atom stereocenters. The molecule has 0 aromatic carbocycles. The average molecular weight is 217 g/mol. The fraction of sp³-hybridized carbons (Fsp3) is 0.778. The molecule has 1 aliphatic rings. The summed E-state index contributed by atoms with van der Waals surface area (Å²) in [5.74, 6) is -1.08. The Morgan fingerprint density at radius 2 is 2.07 bits per heavy atom. The van der Waals surface area contributed by atoms with E-state index in [0.29, 0.717) is 0 Å². The number of ether oxygens (including phenoxy) is 2. The molecule has 1 rings (SSSR count). The lowest BCUT2D eigenvalue weighted by Crippen LogP contribution is -2.59. The fourth-order valence-electron chi connectivity index (χ4n) is 1.11. The maximum Gasteiger partial charge on any atom is 0.408 e. The van der Waals surface area contributed by atoms with Gasteiger partial charge < -0.3 is 19.9 Å². The topological polar surface area (TPSA) is 84.9 Å². The molecule has 1 heterocycles. The van der Waals surface area contributed by atoms with Crippen LogP contribution >= 0.6 is 0 Å². The van der Waals surface area contributed by atoms with E-state index in [0.717, 1.165) is 0 Å². The van der Waals surface area contributed by atoms with Gasteiger partial charge in [0, 0.05) is 0 Å². The molecule has 1 aliphatic heterocycles. The molecule has 0 aromatic heterocycles. The zero-order valence-electron chi connectivity index (χ0n) is 8.94. The molecular weight excluding hydrogens is 202 g/mol. The normalized spacial score (nSPS) is 25.3. The van der Waals surface area contributed by atoms with Crippen LogP contribution in [0.5, 0.6) is 0 Å². The first kappa shape index (κ1) is 11.8. The Labute approximate surface area is 87.5 Å². The van der Waals surface area contributed by atoms with E-state index in [1.165, 1.54) is 0 Å². The van der Waals surface area contributed by atoms with Gasteiger partial charge in [0.25, 0.3) is 0 Å². The molecule has 0 radical (unpaired) electrons. The number of hydrogen-bond donors (Lipinski definition) is 2. The highest BCUT2D eigenvalue weighted by molar-refractivity contribution is 5.76. The van der Waals surface area contributed by atoms with Crippen molar-refractivity contribution in [1.29, 1.82) is 0 Å². The number of amides is 1. The van der Waals surface area contributed by atoms with E-state index in [9.17, 15) is 9.59 Å². The van der Waals surface area contributed by atoms with Gasteiger partial charge in [0.1, 0.15) is 5.60 Å². The van der Waals surface area contributed by atoms with Gasteiger partial charge in [-0.15, -0.1) is 0 Å². The number of aliphatic carboxylic acids is 1. The molecule has 2 N–H and O–H groups in total. The van der Waals surface area contributed by atoms with Crippen molar-refractivity contribution < 1.29 is 24.2 Å². The Kier molecular flexibility index (Phi) is 3.18. The Hall–Kier alpha value is -1.30. The van der Waals surface area contributed by atoms with Crippen LogP contribution in [0.1, 0.15) is 20.8 Å². The average Bonchev–Trinajstić information content (AvgIpc) is 1.93. The molecule has 1 amide bonds. The van der Waals surface area contributed by atoms with Gasteiger partial charge in [-0.1, -0.05) is 0 Å². The van der Waals surface area contributed by atoms with Gasteiger partial charge in [-0.2, -0.15) is 0 Å². The van der Waals surface area contributed by atoms with E-state index in [-0.39, 0.29) is 6.61 Å². The smallest absolute Gasteiger partial charge is 0.408 e. The van der Waals surface area contributed by atoms with E-state index in [1.54, 1.807) is 20.8 Å². The molecular formula is C9H15NO5. The van der Waals surface area contributed by atoms with Crippen molar-refractivity contribution >= 4 is 12.1 Å². The summed E-state index contributed by atoms with van der Waals surface area (Å²) >= 11 is 0. The van der Waals surface area contributed by atoms with Crippen LogP contribution in [-0.2, 0) is 14.3 Å². The zero-order chi connectivity index (χ0) is 11.6. The second kappa shape index (κ2) is 4.06. The quantitative estimate of drug-likeness (QED) is 0.697. The van der Waals surface area contributed by atoms with Crippen molar-refractivity contribution in [3.63, 3.8) is 0 Å². The van der Waals surface area contributed by atoms with Crippen molar-refractivity contribution in [3.05, 3.63) is 0 Å². The summed E-state index contributed by atoms with van der Waals surface area (Å²) in [5, 5.41) is 11.1. The van der Waals surface area contributed by atoms with Crippen LogP contribution in [0.2, 0.25) is 0 Å². The summed E-state index contributed by atoms with van der Waals surface area (Å²) < 4.78 is 9.74. The standard InChI is InChI=1S/C9H15NO5/c1-9(2,3)15-8(13)10-5-4-14-6(5)7(11)12/h5-6H,4H2,1-3H3,(H,10,13)(H,11,12)/t5-,6-/m1/s1. The number of carbonyl (C=O) groups excluding carboxylic acids is 1. The second-order valence-electron chi connectivity index (χ2n) is 4.34. The van der Waals surface area contributed by atoms with Crippen molar-refractivity contribution in [2.45, 2.75) is 38.5 Å². The molecule has 6 heteroatoms. The van der Waals surface area contributed by atoms with Crippen LogP contribution < -0.4 is 5.32 Å². The van der Waals surface area contributed by atoms with E-state index in [2.05, 4.69) is 5.32 Å². The van der Waals surface area contributed by atoms with E-state index in [1.807, 2.05) is 0 Å². The predicted molar refractivity (Wildman–Crippen MR) is 50.5 cm³/mol. The molecule has 1 saturated heterocycles. The predicted octanol–water partition coefficient (Wildman–Crippen LogP) is 0.363. The van der Waals surface area contributed by atoms with Gasteiger partial charge in [-0.05, 0) is 20.8 Å². The SMILES string of the molecule is CC(C)(C)OC(=O)N[C@@H]1CO[C@H]1C(=O)O. The van der Waals surface area contributed by atoms with Gasteiger partial charge in [0.15, 0.2) is 6.10 Å². The fourth-order valence-corrected chi connectivity index (χ4v) is 1.11. The summed E-state index contributed by atoms with van der Waals surface area (Å²) in [4.78, 5) is 21.8. The summed E-state index contributed by atoms with van der Waals surface area (Å²) in [6.07, 6.45) is -1.58. The number of hydrogen-bond acceptors (Lipinski definition) is 4. The lowest BCUT2D eigenvalue weighted by Gasteiger charge is -2.34. The number of rotatable bonds is 2. The molecule has 6 nitrogen and oxygen atoms in total. The first-order valence-electron chi connectivity index (χ1n) is 4.63. The number of carboxylic acids is 1. The zero-order valence-corrected chi connectivity index (χ0v) is 8.94. The largest absolute Gasteiger partial charge is 0.479 e. The molecule has 0 saturated carbocycles. The molecule has 2 atom stereocenters. The van der Waals surface area contributed by atoms with Gasteiger partial charge >= 0.3 is 12.1 Å². The summed E-state index contributed by atoms with van der Waals surface area (Å²) in [7, 11) is 0. The Bertz CT molecular complexity index is 270. The molecule has 86 valence electrons. The minimum atomic E-state index is -1.08. The lowest BCUT2D eigenvalue weighted by molar-refractivity contribution is -0.169. The summed E-state index contributed by atoms with van der Waals surface area (Å²) in [5.41, 5.74) is -0.590. The Morgan fingerprint density at radius 3 is 2.40 bits per heavy atom.